The van der Waals surface area contributed by atoms with Crippen molar-refractivity contribution < 1.29 is 0 Å². The summed E-state index contributed by atoms with van der Waals surface area (Å²) in [5.41, 5.74) is 0.505. The molecule has 20 heavy (non-hydrogen) atoms. The predicted octanol–water partition coefficient (Wildman–Crippen LogP) is 4.97. The number of hydrogen-bond donors (Lipinski definition) is 0. The third-order valence-electron chi connectivity index (χ3n) is 3.96. The first-order valence-corrected chi connectivity index (χ1v) is 11.1. The van der Waals surface area contributed by atoms with E-state index in [0.29, 0.717) is 5.66 Å². The Bertz CT molecular complexity index is 596. The fraction of sp³-hybridized carbons (Fsp3) is 0.333. The quantitative estimate of drug-likeness (QED) is 0.542. The molecule has 0 spiro atoms. The van der Waals surface area contributed by atoms with E-state index >= 15 is 0 Å². The van der Waals surface area contributed by atoms with Gasteiger partial charge in [-0.15, -0.1) is 0 Å². The first-order chi connectivity index (χ1) is 9.37. The molecule has 0 radical (unpaired) electrons. The van der Waals surface area contributed by atoms with Crippen molar-refractivity contribution in [3.05, 3.63) is 66.2 Å². The van der Waals surface area contributed by atoms with Crippen molar-refractivity contribution in [2.24, 2.45) is 0 Å². The molecule has 0 aromatic heterocycles. The zero-order chi connectivity index (χ0) is 14.8. The maximum absolute atomic E-state index is 3.66. The van der Waals surface area contributed by atoms with E-state index in [9.17, 15) is 0 Å². The molecule has 0 nitrogen and oxygen atoms in total. The third-order valence-corrected chi connectivity index (χ3v) is 15.2. The molecule has 0 saturated carbocycles. The first-order valence-electron chi connectivity index (χ1n) is 7.08. The third kappa shape index (κ3) is 2.86. The van der Waals surface area contributed by atoms with Crippen molar-refractivity contribution in [3.63, 3.8) is 0 Å². The van der Waals surface area contributed by atoms with Gasteiger partial charge < -0.3 is 0 Å². The summed E-state index contributed by atoms with van der Waals surface area (Å²) in [5, 5.41) is 1.72. The van der Waals surface area contributed by atoms with E-state index in [1.54, 1.807) is 0 Å². The second kappa shape index (κ2) is 6.02. The zero-order valence-corrected chi connectivity index (χ0v) is 15.3. The maximum atomic E-state index is 3.66. The van der Waals surface area contributed by atoms with Gasteiger partial charge in [0.25, 0.3) is 0 Å². The Morgan fingerprint density at radius 3 is 1.75 bits per heavy atom. The zero-order valence-electron chi connectivity index (χ0n) is 12.7. The molecule has 0 N–H and O–H groups in total. The summed E-state index contributed by atoms with van der Waals surface area (Å²) in [7, 11) is 0. The molecular weight excluding hydrogens is 326 g/mol. The van der Waals surface area contributed by atoms with Gasteiger partial charge in [0.2, 0.25) is 0 Å². The monoisotopic (exact) mass is 350 g/mol. The molecule has 0 aliphatic heterocycles. The molecule has 0 fully saturated rings. The Morgan fingerprint density at radius 2 is 1.30 bits per heavy atom. The van der Waals surface area contributed by atoms with Crippen LogP contribution in [0.1, 0.15) is 38.9 Å². The number of rotatable bonds is 3. The van der Waals surface area contributed by atoms with Gasteiger partial charge in [-0.1, -0.05) is 0 Å². The standard InChI is InChI=1S/C18H23PSe/c1-15(16-11-7-5-8-12-16)19(20,18(2,3)4)17-13-9-6-10-14-17/h5-15H,1-4H3/t15-,19?/m0/s1. The van der Waals surface area contributed by atoms with Crippen molar-refractivity contribution in [3.8, 4) is 0 Å². The molecule has 0 aliphatic carbocycles. The molecule has 0 bridgehead atoms. The van der Waals surface area contributed by atoms with Crippen LogP contribution in [0.2, 0.25) is 0 Å². The van der Waals surface area contributed by atoms with E-state index in [1.165, 1.54) is 10.9 Å². The molecule has 2 heteroatoms. The minimum absolute atomic E-state index is 0.240. The van der Waals surface area contributed by atoms with Crippen molar-refractivity contribution in [2.45, 2.75) is 38.5 Å². The molecule has 2 aromatic rings. The van der Waals surface area contributed by atoms with Crippen LogP contribution in [0.4, 0.5) is 0 Å². The molecule has 0 heterocycles. The van der Waals surface area contributed by atoms with Crippen molar-refractivity contribution >= 4 is 25.9 Å². The molecule has 1 unspecified atom stereocenters. The van der Waals surface area contributed by atoms with Gasteiger partial charge >= 0.3 is 131 Å². The molecular formula is C18H23PSe. The summed E-state index contributed by atoms with van der Waals surface area (Å²) in [6.45, 7) is 9.47. The fourth-order valence-electron chi connectivity index (χ4n) is 2.78. The van der Waals surface area contributed by atoms with Crippen molar-refractivity contribution in [2.75, 3.05) is 0 Å². The molecule has 0 aliphatic rings. The van der Waals surface area contributed by atoms with Crippen molar-refractivity contribution in [1.29, 1.82) is 0 Å². The Morgan fingerprint density at radius 1 is 0.850 bits per heavy atom. The van der Waals surface area contributed by atoms with Gasteiger partial charge in [0.1, 0.15) is 0 Å². The van der Waals surface area contributed by atoms with E-state index in [4.69, 9.17) is 0 Å². The average molecular weight is 349 g/mol. The predicted molar refractivity (Wildman–Crippen MR) is 93.4 cm³/mol. The van der Waals surface area contributed by atoms with Crippen LogP contribution in [-0.4, -0.2) is 20.3 Å². The molecule has 0 saturated heterocycles. The van der Waals surface area contributed by atoms with E-state index in [0.717, 1.165) is 0 Å². The number of benzene rings is 2. The fourth-order valence-corrected chi connectivity index (χ4v) is 7.91. The Hall–Kier alpha value is -0.611. The summed E-state index contributed by atoms with van der Waals surface area (Å²) in [6, 6.07) is 21.9. The van der Waals surface area contributed by atoms with Gasteiger partial charge in [0, 0.05) is 0 Å². The van der Waals surface area contributed by atoms with E-state index < -0.39 is 5.51 Å². The van der Waals surface area contributed by atoms with Crippen LogP contribution in [0.25, 0.3) is 0 Å². The van der Waals surface area contributed by atoms with Gasteiger partial charge in [-0.25, -0.2) is 0 Å². The summed E-state index contributed by atoms with van der Waals surface area (Å²) in [6.07, 6.45) is 0. The van der Waals surface area contributed by atoms with Gasteiger partial charge in [-0.2, -0.15) is 0 Å². The Kier molecular flexibility index (Phi) is 4.75. The second-order valence-corrected chi connectivity index (χ2v) is 13.8. The van der Waals surface area contributed by atoms with Crippen LogP contribution in [0.15, 0.2) is 60.7 Å². The van der Waals surface area contributed by atoms with Crippen LogP contribution in [0.3, 0.4) is 0 Å². The van der Waals surface area contributed by atoms with E-state index in [1.807, 2.05) is 0 Å². The first kappa shape index (κ1) is 15.8. The van der Waals surface area contributed by atoms with Crippen molar-refractivity contribution in [1.82, 2.24) is 0 Å². The Labute approximate surface area is 130 Å². The van der Waals surface area contributed by atoms with Crippen LogP contribution >= 0.6 is 5.51 Å². The summed E-state index contributed by atoms with van der Waals surface area (Å²) >= 11 is 3.66. The van der Waals surface area contributed by atoms with Crippen LogP contribution in [0.5, 0.6) is 0 Å². The molecule has 2 rings (SSSR count). The topological polar surface area (TPSA) is 0 Å². The summed E-state index contributed by atoms with van der Waals surface area (Å²) < 4.78 is 0. The van der Waals surface area contributed by atoms with Gasteiger partial charge in [-0.3, -0.25) is 0 Å². The van der Waals surface area contributed by atoms with E-state index in [2.05, 4.69) is 103 Å². The van der Waals surface area contributed by atoms with Crippen LogP contribution in [-0.2, 0) is 0 Å². The average Bonchev–Trinajstić information content (AvgIpc) is 2.46. The Balaban J connectivity index is 2.58. The van der Waals surface area contributed by atoms with Crippen LogP contribution in [0, 0.1) is 0 Å². The summed E-state index contributed by atoms with van der Waals surface area (Å²) in [5.74, 6) is 0. The number of hydrogen-bond acceptors (Lipinski definition) is 0. The van der Waals surface area contributed by atoms with E-state index in [-0.39, 0.29) is 5.16 Å². The van der Waals surface area contributed by atoms with Gasteiger partial charge in [-0.05, 0) is 0 Å². The molecule has 2 aromatic carbocycles. The molecule has 106 valence electrons. The SMILES string of the molecule is C[C@@H](c1ccccc1)P(=[Se])(c1ccccc1)C(C)(C)C. The van der Waals surface area contributed by atoms with Crippen LogP contribution < -0.4 is 5.30 Å². The normalized spacial score (nSPS) is 16.4. The minimum atomic E-state index is -1.44. The van der Waals surface area contributed by atoms with Gasteiger partial charge in [0.15, 0.2) is 0 Å². The molecule has 2 atom stereocenters. The summed E-state index contributed by atoms with van der Waals surface area (Å²) in [4.78, 5) is 0. The second-order valence-electron chi connectivity index (χ2n) is 6.25. The molecule has 0 amide bonds. The van der Waals surface area contributed by atoms with Gasteiger partial charge in [0.05, 0.1) is 0 Å².